The van der Waals surface area contributed by atoms with E-state index in [0.717, 1.165) is 42.8 Å². The highest BCUT2D eigenvalue weighted by Crippen LogP contribution is 2.31. The van der Waals surface area contributed by atoms with Crippen LogP contribution in [0.25, 0.3) is 0 Å². The highest BCUT2D eigenvalue weighted by molar-refractivity contribution is 9.10. The molecule has 0 spiro atoms. The predicted octanol–water partition coefficient (Wildman–Crippen LogP) is 2.91. The summed E-state index contributed by atoms with van der Waals surface area (Å²) in [6.07, 6.45) is 3.56. The predicted molar refractivity (Wildman–Crippen MR) is 78.7 cm³/mol. The van der Waals surface area contributed by atoms with Crippen molar-refractivity contribution < 1.29 is 9.47 Å². The van der Waals surface area contributed by atoms with Crippen LogP contribution in [0.4, 0.5) is 0 Å². The van der Waals surface area contributed by atoms with E-state index >= 15 is 0 Å². The van der Waals surface area contributed by atoms with E-state index < -0.39 is 0 Å². The second-order valence-electron chi connectivity index (χ2n) is 5.73. The van der Waals surface area contributed by atoms with Crippen LogP contribution in [0, 0.1) is 0 Å². The molecular formula is C15H20BrNO2. The minimum Gasteiger partial charge on any atom is -0.488 e. The van der Waals surface area contributed by atoms with Crippen molar-refractivity contribution in [1.29, 1.82) is 0 Å². The van der Waals surface area contributed by atoms with Crippen LogP contribution in [0.1, 0.15) is 25.3 Å². The Hall–Kier alpha value is -0.580. The van der Waals surface area contributed by atoms with Gasteiger partial charge in [0.15, 0.2) is 0 Å². The molecule has 1 N–H and O–H groups in total. The molecule has 0 bridgehead atoms. The maximum absolute atomic E-state index is 5.94. The molecule has 0 radical (unpaired) electrons. The summed E-state index contributed by atoms with van der Waals surface area (Å²) in [7, 11) is 0. The molecule has 1 aromatic carbocycles. The van der Waals surface area contributed by atoms with E-state index in [-0.39, 0.29) is 11.7 Å². The number of hydrogen-bond donors (Lipinski definition) is 1. The van der Waals surface area contributed by atoms with Gasteiger partial charge in [-0.05, 0) is 43.5 Å². The first kappa shape index (κ1) is 13.4. The van der Waals surface area contributed by atoms with Crippen LogP contribution in [-0.4, -0.2) is 31.4 Å². The highest BCUT2D eigenvalue weighted by atomic mass is 79.9. The molecule has 2 atom stereocenters. The third-order valence-corrected chi connectivity index (χ3v) is 4.43. The van der Waals surface area contributed by atoms with Gasteiger partial charge < -0.3 is 14.8 Å². The fourth-order valence-corrected chi connectivity index (χ4v) is 3.29. The average Bonchev–Trinajstić information content (AvgIpc) is 2.95. The Morgan fingerprint density at radius 3 is 3.16 bits per heavy atom. The molecule has 2 aliphatic heterocycles. The normalized spacial score (nSPS) is 29.3. The largest absolute Gasteiger partial charge is 0.488 e. The van der Waals surface area contributed by atoms with Crippen LogP contribution in [-0.2, 0) is 11.2 Å². The molecule has 19 heavy (non-hydrogen) atoms. The molecule has 0 saturated carbocycles. The average molecular weight is 326 g/mol. The van der Waals surface area contributed by atoms with E-state index in [1.54, 1.807) is 0 Å². The number of ether oxygens (including phenoxy) is 2. The molecule has 1 saturated heterocycles. The van der Waals surface area contributed by atoms with Crippen molar-refractivity contribution in [2.75, 3.05) is 19.7 Å². The second kappa shape index (κ2) is 5.43. The number of nitrogens with one attached hydrogen (secondary N) is 1. The Labute approximate surface area is 122 Å². The van der Waals surface area contributed by atoms with Crippen LogP contribution >= 0.6 is 15.9 Å². The van der Waals surface area contributed by atoms with Crippen molar-refractivity contribution in [3.63, 3.8) is 0 Å². The van der Waals surface area contributed by atoms with Gasteiger partial charge in [0.25, 0.3) is 0 Å². The summed E-state index contributed by atoms with van der Waals surface area (Å²) in [5, 5.41) is 3.50. The lowest BCUT2D eigenvalue weighted by atomic mass is 10.0. The fraction of sp³-hybridized carbons (Fsp3) is 0.600. The highest BCUT2D eigenvalue weighted by Gasteiger charge is 2.30. The van der Waals surface area contributed by atoms with E-state index in [2.05, 4.69) is 34.2 Å². The molecule has 0 aromatic heterocycles. The van der Waals surface area contributed by atoms with Crippen molar-refractivity contribution >= 4 is 15.9 Å². The zero-order valence-electron chi connectivity index (χ0n) is 11.2. The summed E-state index contributed by atoms with van der Waals surface area (Å²) < 4.78 is 12.8. The van der Waals surface area contributed by atoms with Gasteiger partial charge in [0.05, 0.1) is 5.60 Å². The van der Waals surface area contributed by atoms with Crippen LogP contribution in [0.15, 0.2) is 22.7 Å². The summed E-state index contributed by atoms with van der Waals surface area (Å²) in [4.78, 5) is 0. The van der Waals surface area contributed by atoms with Crippen LogP contribution < -0.4 is 10.1 Å². The van der Waals surface area contributed by atoms with Crippen molar-refractivity contribution in [2.45, 2.75) is 37.9 Å². The first-order valence-corrected chi connectivity index (χ1v) is 7.74. The van der Waals surface area contributed by atoms with Crippen molar-refractivity contribution in [3.05, 3.63) is 28.2 Å². The van der Waals surface area contributed by atoms with E-state index in [4.69, 9.17) is 9.47 Å². The van der Waals surface area contributed by atoms with Gasteiger partial charge in [0.1, 0.15) is 11.9 Å². The Bertz CT molecular complexity index is 457. The molecule has 0 amide bonds. The quantitative estimate of drug-likeness (QED) is 0.923. The summed E-state index contributed by atoms with van der Waals surface area (Å²) in [6.45, 7) is 4.88. The molecule has 2 heterocycles. The Morgan fingerprint density at radius 2 is 2.37 bits per heavy atom. The van der Waals surface area contributed by atoms with Gasteiger partial charge in [-0.2, -0.15) is 0 Å². The molecule has 3 nitrogen and oxygen atoms in total. The van der Waals surface area contributed by atoms with Gasteiger partial charge in [-0.3, -0.25) is 0 Å². The summed E-state index contributed by atoms with van der Waals surface area (Å²) in [6, 6.07) is 6.22. The number of hydrogen-bond acceptors (Lipinski definition) is 3. The van der Waals surface area contributed by atoms with Gasteiger partial charge in [-0.1, -0.05) is 15.9 Å². The number of rotatable bonds is 4. The lowest BCUT2D eigenvalue weighted by Crippen LogP contribution is -2.41. The van der Waals surface area contributed by atoms with E-state index in [1.165, 1.54) is 12.0 Å². The van der Waals surface area contributed by atoms with Crippen LogP contribution in [0.2, 0.25) is 0 Å². The third-order valence-electron chi connectivity index (χ3n) is 3.94. The van der Waals surface area contributed by atoms with Crippen LogP contribution in [0.3, 0.4) is 0 Å². The van der Waals surface area contributed by atoms with Crippen molar-refractivity contribution in [2.24, 2.45) is 0 Å². The number of benzene rings is 1. The van der Waals surface area contributed by atoms with Gasteiger partial charge >= 0.3 is 0 Å². The standard InChI is InChI=1S/C15H20BrNO2/c1-15(5-2-6-18-15)10-17-9-13-8-11-7-12(16)3-4-14(11)19-13/h3-4,7,13,17H,2,5-6,8-10H2,1H3. The zero-order valence-corrected chi connectivity index (χ0v) is 12.8. The third kappa shape index (κ3) is 3.12. The lowest BCUT2D eigenvalue weighted by Gasteiger charge is -2.24. The van der Waals surface area contributed by atoms with Crippen molar-refractivity contribution in [3.8, 4) is 5.75 Å². The minimum atomic E-state index is 0.0223. The molecule has 0 aliphatic carbocycles. The maximum atomic E-state index is 5.94. The molecule has 2 unspecified atom stereocenters. The fourth-order valence-electron chi connectivity index (χ4n) is 2.88. The second-order valence-corrected chi connectivity index (χ2v) is 6.64. The lowest BCUT2D eigenvalue weighted by molar-refractivity contribution is 0.0194. The molecule has 2 aliphatic rings. The molecule has 3 rings (SSSR count). The van der Waals surface area contributed by atoms with E-state index in [0.29, 0.717) is 0 Å². The molecule has 1 fully saturated rings. The first-order valence-electron chi connectivity index (χ1n) is 6.94. The summed E-state index contributed by atoms with van der Waals surface area (Å²) in [5.41, 5.74) is 1.32. The molecule has 4 heteroatoms. The number of halogens is 1. The Morgan fingerprint density at radius 1 is 1.47 bits per heavy atom. The SMILES string of the molecule is CC1(CNCC2Cc3cc(Br)ccc3O2)CCCO1. The van der Waals surface area contributed by atoms with E-state index in [9.17, 15) is 0 Å². The number of fused-ring (bicyclic) bond motifs is 1. The van der Waals surface area contributed by atoms with Gasteiger partial charge in [-0.15, -0.1) is 0 Å². The minimum absolute atomic E-state index is 0.0223. The van der Waals surface area contributed by atoms with Gasteiger partial charge in [-0.25, -0.2) is 0 Å². The van der Waals surface area contributed by atoms with Crippen molar-refractivity contribution in [1.82, 2.24) is 5.32 Å². The monoisotopic (exact) mass is 325 g/mol. The van der Waals surface area contributed by atoms with E-state index in [1.807, 2.05) is 12.1 Å². The molecule has 104 valence electrons. The summed E-state index contributed by atoms with van der Waals surface area (Å²) >= 11 is 3.50. The van der Waals surface area contributed by atoms with Crippen LogP contribution in [0.5, 0.6) is 5.75 Å². The van der Waals surface area contributed by atoms with Gasteiger partial charge in [0.2, 0.25) is 0 Å². The molecule has 1 aromatic rings. The summed E-state index contributed by atoms with van der Waals surface area (Å²) in [5.74, 6) is 1.03. The zero-order chi connectivity index (χ0) is 13.3. The molecular weight excluding hydrogens is 306 g/mol. The topological polar surface area (TPSA) is 30.5 Å². The smallest absolute Gasteiger partial charge is 0.123 e. The Kier molecular flexibility index (Phi) is 3.83. The maximum Gasteiger partial charge on any atom is 0.123 e. The van der Waals surface area contributed by atoms with Gasteiger partial charge in [0, 0.05) is 30.6 Å². The first-order chi connectivity index (χ1) is 9.15. The Balaban J connectivity index is 1.48.